The molecule has 3 aromatic rings. The summed E-state index contributed by atoms with van der Waals surface area (Å²) in [4.78, 5) is 21.6. The van der Waals surface area contributed by atoms with Gasteiger partial charge in [0.05, 0.1) is 31.6 Å². The van der Waals surface area contributed by atoms with E-state index in [0.29, 0.717) is 23.2 Å². The van der Waals surface area contributed by atoms with Crippen molar-refractivity contribution in [3.05, 3.63) is 57.9 Å². The van der Waals surface area contributed by atoms with Crippen LogP contribution >= 0.6 is 11.6 Å². The molecular weight excluding hydrogens is 570 g/mol. The van der Waals surface area contributed by atoms with Gasteiger partial charge in [-0.25, -0.2) is 18.7 Å². The van der Waals surface area contributed by atoms with E-state index in [1.54, 1.807) is 13.1 Å². The lowest BCUT2D eigenvalue weighted by Crippen LogP contribution is -2.51. The number of methoxy groups -OCH3 is 1. The normalized spacial score (nSPS) is 14.5. The van der Waals surface area contributed by atoms with Crippen LogP contribution < -0.4 is 10.3 Å². The highest BCUT2D eigenvalue weighted by Crippen LogP contribution is 2.30. The van der Waals surface area contributed by atoms with Crippen LogP contribution in [-0.4, -0.2) is 64.7 Å². The number of aryl methyl sites for hydroxylation is 2. The molecule has 0 unspecified atom stereocenters. The summed E-state index contributed by atoms with van der Waals surface area (Å²) in [5.74, 6) is -1.00. The first-order chi connectivity index (χ1) is 18.3. The molecule has 0 spiro atoms. The van der Waals surface area contributed by atoms with E-state index in [1.165, 1.54) is 16.5 Å². The van der Waals surface area contributed by atoms with Gasteiger partial charge in [-0.15, -0.1) is 5.10 Å². The van der Waals surface area contributed by atoms with Crippen LogP contribution in [0.1, 0.15) is 34.2 Å². The van der Waals surface area contributed by atoms with Crippen LogP contribution in [0.4, 0.5) is 23.2 Å². The highest BCUT2D eigenvalue weighted by atomic mass is 35.5. The van der Waals surface area contributed by atoms with Crippen LogP contribution in [0.25, 0.3) is 5.78 Å². The second kappa shape index (κ2) is 10.5. The van der Waals surface area contributed by atoms with Crippen LogP contribution in [0.5, 0.6) is 0 Å². The van der Waals surface area contributed by atoms with Gasteiger partial charge in [0.15, 0.2) is 0 Å². The van der Waals surface area contributed by atoms with Crippen molar-refractivity contribution in [2.75, 3.05) is 25.2 Å². The number of imidazole rings is 1. The number of carbonyl (C=O) groups excluding carboxylic acids is 1. The summed E-state index contributed by atoms with van der Waals surface area (Å²) in [6, 6.07) is 3.06. The molecule has 11 nitrogen and oxygen atoms in total. The van der Waals surface area contributed by atoms with Crippen LogP contribution in [0.15, 0.2) is 29.5 Å². The van der Waals surface area contributed by atoms with E-state index in [-0.39, 0.29) is 39.7 Å². The lowest BCUT2D eigenvalue weighted by Gasteiger charge is -2.32. The number of rotatable bonds is 6. The molecule has 210 valence electrons. The van der Waals surface area contributed by atoms with Crippen molar-refractivity contribution in [3.63, 3.8) is 0 Å². The van der Waals surface area contributed by atoms with E-state index in [4.69, 9.17) is 16.3 Å². The number of hydrogen-bond acceptors (Lipinski definition) is 8. The second-order valence-corrected chi connectivity index (χ2v) is 10.6. The second-order valence-electron chi connectivity index (χ2n) is 8.35. The summed E-state index contributed by atoms with van der Waals surface area (Å²) in [6.45, 7) is 2.46. The number of nitrogens with zero attached hydrogens (tertiary/aromatic N) is 6. The van der Waals surface area contributed by atoms with Crippen LogP contribution in [0, 0.1) is 12.7 Å². The zero-order valence-electron chi connectivity index (χ0n) is 20.8. The summed E-state index contributed by atoms with van der Waals surface area (Å²) in [7, 11) is -4.79. The topological polar surface area (TPSA) is 122 Å². The molecule has 1 aliphatic rings. The fraction of sp³-hybridized carbons (Fsp3) is 0.364. The van der Waals surface area contributed by atoms with Gasteiger partial charge >= 0.3 is 21.6 Å². The number of anilines is 1. The molecule has 0 saturated heterocycles. The number of amides is 1. The Labute approximate surface area is 225 Å². The van der Waals surface area contributed by atoms with Gasteiger partial charge < -0.3 is 10.1 Å². The molecule has 2 aromatic heterocycles. The third-order valence-electron chi connectivity index (χ3n) is 5.80. The Hall–Kier alpha value is -3.66. The van der Waals surface area contributed by atoms with Crippen molar-refractivity contribution in [1.82, 2.24) is 24.0 Å². The summed E-state index contributed by atoms with van der Waals surface area (Å²) in [5, 5.41) is 7.70. The Morgan fingerprint density at radius 2 is 1.95 bits per heavy atom. The molecular formula is C22H22ClF4N7O4S. The first-order valence-electron chi connectivity index (χ1n) is 11.4. The number of amidine groups is 1. The summed E-state index contributed by atoms with van der Waals surface area (Å²) in [5.41, 5.74) is -3.89. The standard InChI is InChI=1S/C22H22ClF4N7O4S/c1-4-15-17(32-11-12(2)18(23)30-20(32)29-15)19(35)28-10-13-5-6-16(14(24)9-13)33-7-8-34(21(31-33)38-3)39(36,37)22(25,26)27/h5-6,9,11H,4,7-8,10H2,1-3H3,(H,28,35). The van der Waals surface area contributed by atoms with E-state index in [9.17, 15) is 30.8 Å². The minimum Gasteiger partial charge on any atom is -0.467 e. The van der Waals surface area contributed by atoms with Gasteiger partial charge in [0.2, 0.25) is 5.78 Å². The molecule has 0 bridgehead atoms. The third-order valence-corrected chi connectivity index (χ3v) is 7.69. The summed E-state index contributed by atoms with van der Waals surface area (Å²) < 4.78 is 83.7. The molecule has 1 N–H and O–H groups in total. The fourth-order valence-corrected chi connectivity index (χ4v) is 4.88. The van der Waals surface area contributed by atoms with Gasteiger partial charge in [0.25, 0.3) is 5.91 Å². The Morgan fingerprint density at radius 3 is 2.56 bits per heavy atom. The largest absolute Gasteiger partial charge is 0.516 e. The molecule has 1 aliphatic heterocycles. The smallest absolute Gasteiger partial charge is 0.467 e. The first kappa shape index (κ1) is 28.4. The molecule has 3 heterocycles. The quantitative estimate of drug-likeness (QED) is 0.345. The molecule has 0 fully saturated rings. The minimum atomic E-state index is -5.74. The number of benzene rings is 1. The molecule has 1 amide bonds. The van der Waals surface area contributed by atoms with E-state index >= 15 is 0 Å². The van der Waals surface area contributed by atoms with Crippen molar-refractivity contribution in [2.24, 2.45) is 5.10 Å². The number of hydrazone groups is 1. The van der Waals surface area contributed by atoms with Crippen LogP contribution in [0.3, 0.4) is 0 Å². The number of halogens is 5. The number of nitrogens with one attached hydrogen (secondary N) is 1. The number of aromatic nitrogens is 3. The van der Waals surface area contributed by atoms with Crippen molar-refractivity contribution in [1.29, 1.82) is 0 Å². The average molecular weight is 592 g/mol. The van der Waals surface area contributed by atoms with Crippen molar-refractivity contribution < 1.29 is 35.5 Å². The van der Waals surface area contributed by atoms with Crippen LogP contribution in [-0.2, 0) is 27.7 Å². The lowest BCUT2D eigenvalue weighted by atomic mass is 10.1. The van der Waals surface area contributed by atoms with E-state index in [1.807, 2.05) is 6.92 Å². The molecule has 1 aromatic carbocycles. The van der Waals surface area contributed by atoms with Gasteiger partial charge in [-0.2, -0.15) is 21.6 Å². The van der Waals surface area contributed by atoms with Gasteiger partial charge in [-0.3, -0.25) is 14.2 Å². The summed E-state index contributed by atoms with van der Waals surface area (Å²) in [6.07, 6.45) is 2.10. The third kappa shape index (κ3) is 5.30. The zero-order valence-corrected chi connectivity index (χ0v) is 22.3. The monoisotopic (exact) mass is 591 g/mol. The van der Waals surface area contributed by atoms with E-state index in [0.717, 1.165) is 18.2 Å². The highest BCUT2D eigenvalue weighted by Gasteiger charge is 2.52. The van der Waals surface area contributed by atoms with Gasteiger partial charge in [0.1, 0.15) is 16.7 Å². The Balaban J connectivity index is 1.52. The number of carbonyl (C=O) groups is 1. The number of hydrogen-bond donors (Lipinski definition) is 1. The molecule has 0 atom stereocenters. The van der Waals surface area contributed by atoms with Crippen molar-refractivity contribution in [3.8, 4) is 0 Å². The molecule has 0 saturated carbocycles. The SMILES string of the molecule is CCc1nc2nc(Cl)c(C)cn2c1C(=O)NCc1ccc(N2CCN(S(=O)(=O)C(F)(F)F)C(OC)=N2)c(F)c1. The zero-order chi connectivity index (χ0) is 28.7. The molecule has 0 radical (unpaired) electrons. The average Bonchev–Trinajstić information content (AvgIpc) is 3.23. The molecule has 0 aliphatic carbocycles. The highest BCUT2D eigenvalue weighted by molar-refractivity contribution is 7.90. The van der Waals surface area contributed by atoms with Crippen LogP contribution in [0.2, 0.25) is 5.15 Å². The van der Waals surface area contributed by atoms with Crippen molar-refractivity contribution >= 4 is 45.0 Å². The fourth-order valence-electron chi connectivity index (χ4n) is 3.86. The number of alkyl halides is 3. The minimum absolute atomic E-state index is 0.0268. The van der Waals surface area contributed by atoms with E-state index < -0.39 is 39.8 Å². The van der Waals surface area contributed by atoms with E-state index in [2.05, 4.69) is 20.4 Å². The Bertz CT molecular complexity index is 1580. The Morgan fingerprint density at radius 1 is 1.23 bits per heavy atom. The van der Waals surface area contributed by atoms with Gasteiger partial charge in [-0.05, 0) is 31.0 Å². The molecule has 4 rings (SSSR count). The maximum atomic E-state index is 15.0. The number of sulfonamides is 1. The number of ether oxygens (including phenoxy) is 1. The molecule has 17 heteroatoms. The first-order valence-corrected chi connectivity index (χ1v) is 13.2. The maximum Gasteiger partial charge on any atom is 0.516 e. The maximum absolute atomic E-state index is 15.0. The number of fused-ring (bicyclic) bond motifs is 1. The van der Waals surface area contributed by atoms with Gasteiger partial charge in [-0.1, -0.05) is 24.6 Å². The summed E-state index contributed by atoms with van der Waals surface area (Å²) >= 11 is 6.07. The predicted molar refractivity (Wildman–Crippen MR) is 133 cm³/mol. The Kier molecular flexibility index (Phi) is 7.62. The van der Waals surface area contributed by atoms with Gasteiger partial charge in [0, 0.05) is 18.3 Å². The molecule has 39 heavy (non-hydrogen) atoms. The lowest BCUT2D eigenvalue weighted by molar-refractivity contribution is -0.0477. The van der Waals surface area contributed by atoms with Crippen molar-refractivity contribution in [2.45, 2.75) is 32.3 Å². The predicted octanol–water partition coefficient (Wildman–Crippen LogP) is 3.21.